The van der Waals surface area contributed by atoms with E-state index in [4.69, 9.17) is 71.7 Å². The molecule has 0 radical (unpaired) electrons. The lowest BCUT2D eigenvalue weighted by atomic mass is 10.0. The molecular formula is C44H56Cl5N5O10S2. The van der Waals surface area contributed by atoms with Crippen LogP contribution in [0.5, 0.6) is 0 Å². The zero-order valence-corrected chi connectivity index (χ0v) is 42.9. The fourth-order valence-corrected chi connectivity index (χ4v) is 10.3. The molecule has 4 aromatic rings. The van der Waals surface area contributed by atoms with E-state index in [-0.39, 0.29) is 50.3 Å². The van der Waals surface area contributed by atoms with E-state index in [1.54, 1.807) is 32.9 Å². The van der Waals surface area contributed by atoms with Crippen LogP contribution in [0.1, 0.15) is 99.3 Å². The van der Waals surface area contributed by atoms with Crippen molar-refractivity contribution in [3.05, 3.63) is 69.1 Å². The van der Waals surface area contributed by atoms with Crippen molar-refractivity contribution < 1.29 is 45.8 Å². The van der Waals surface area contributed by atoms with E-state index in [1.165, 1.54) is 47.4 Å². The Hall–Kier alpha value is -3.10. The maximum absolute atomic E-state index is 13.3. The third-order valence-electron chi connectivity index (χ3n) is 10.2. The molecule has 364 valence electrons. The SMILES string of the molecule is CC(C)(C)OC(=O)[C@H]1CCCCN1.CC(C)(C)OC(=O)[C@H]1CCCCN1S(=O)(=O)c1ccc2c(Cl)cnc(Cl)c2c1.O=C(O)[C@H]1CCCCN1.O=S(=O)(Cl)c1ccc2c(Cl)cnc(Cl)c2c1. The molecule has 7 rings (SSSR count). The number of benzene rings is 2. The Morgan fingerprint density at radius 3 is 1.55 bits per heavy atom. The van der Waals surface area contributed by atoms with Gasteiger partial charge < -0.3 is 25.2 Å². The van der Waals surface area contributed by atoms with Gasteiger partial charge in [-0.25, -0.2) is 26.8 Å². The Bertz CT molecular complexity index is 2580. The summed E-state index contributed by atoms with van der Waals surface area (Å²) >= 11 is 24.0. The summed E-state index contributed by atoms with van der Waals surface area (Å²) in [4.78, 5) is 42.3. The molecule has 0 unspecified atom stereocenters. The highest BCUT2D eigenvalue weighted by atomic mass is 35.7. The van der Waals surface area contributed by atoms with Crippen LogP contribution in [-0.2, 0) is 42.9 Å². The van der Waals surface area contributed by atoms with E-state index in [0.717, 1.165) is 51.6 Å². The molecule has 0 aliphatic carbocycles. The first-order valence-corrected chi connectivity index (χ1v) is 26.5. The zero-order chi connectivity index (χ0) is 49.2. The molecule has 3 atom stereocenters. The standard InChI is InChI=1S/C19H22Cl2N2O4S.C10H19NO2.C9H4Cl3NO2S.C6H11NO2/c1-19(2,3)27-18(24)16-6-4-5-9-23(16)28(25,26)12-7-8-13-14(10-12)17(21)22-11-15(13)20;1-10(2,3)13-9(12)8-6-4-5-7-11-8;10-8-4-13-9(11)7-3-5(16(12,14)15)1-2-6(7)8;8-6(9)5-3-1-2-4-7-5/h7-8,10-11,16H,4-6,9H2,1-3H3;8,11H,4-7H2,1-3H3;1-4H;5,7H,1-4H2,(H,8,9)/t16-;8-;;5-/m11.1/s1. The van der Waals surface area contributed by atoms with E-state index >= 15 is 0 Å². The number of fused-ring (bicyclic) bond motifs is 2. The molecule has 3 saturated heterocycles. The van der Waals surface area contributed by atoms with Gasteiger partial charge in [0.2, 0.25) is 10.0 Å². The van der Waals surface area contributed by atoms with Crippen LogP contribution in [0.2, 0.25) is 20.4 Å². The lowest BCUT2D eigenvalue weighted by Gasteiger charge is -2.34. The number of hydrogen-bond donors (Lipinski definition) is 3. The fourth-order valence-electron chi connectivity index (χ4n) is 7.04. The van der Waals surface area contributed by atoms with Gasteiger partial charge in [-0.2, -0.15) is 4.31 Å². The Balaban J connectivity index is 0.000000212. The number of nitrogens with one attached hydrogen (secondary N) is 2. The molecule has 15 nitrogen and oxygen atoms in total. The number of hydrogen-bond acceptors (Lipinski definition) is 13. The van der Waals surface area contributed by atoms with Crippen LogP contribution < -0.4 is 10.6 Å². The molecule has 3 aliphatic heterocycles. The zero-order valence-electron chi connectivity index (χ0n) is 37.5. The molecule has 0 spiro atoms. The van der Waals surface area contributed by atoms with Gasteiger partial charge in [0.1, 0.15) is 39.6 Å². The second kappa shape index (κ2) is 24.0. The molecule has 66 heavy (non-hydrogen) atoms. The van der Waals surface area contributed by atoms with E-state index in [9.17, 15) is 31.2 Å². The van der Waals surface area contributed by atoms with Gasteiger partial charge in [0.25, 0.3) is 9.05 Å². The quantitative estimate of drug-likeness (QED) is 0.0933. The molecule has 22 heteroatoms. The summed E-state index contributed by atoms with van der Waals surface area (Å²) in [5, 5.41) is 17.8. The molecule has 3 aliphatic rings. The molecule has 5 heterocycles. The topological polar surface area (TPSA) is 211 Å². The number of rotatable bonds is 6. The van der Waals surface area contributed by atoms with Crippen molar-refractivity contribution in [3.63, 3.8) is 0 Å². The maximum Gasteiger partial charge on any atom is 0.324 e. The highest BCUT2D eigenvalue weighted by Crippen LogP contribution is 2.34. The minimum absolute atomic E-state index is 0.0346. The Kier molecular flexibility index (Phi) is 20.1. The third kappa shape index (κ3) is 16.3. The number of pyridine rings is 2. The van der Waals surface area contributed by atoms with E-state index in [2.05, 4.69) is 20.6 Å². The molecule has 0 saturated carbocycles. The number of carbonyl (C=O) groups excluding carboxylic acids is 2. The number of carbonyl (C=O) groups is 3. The number of aliphatic carboxylic acids is 1. The first kappa shape index (κ1) is 55.5. The number of nitrogens with zero attached hydrogens (tertiary/aromatic N) is 3. The number of aromatic nitrogens is 2. The van der Waals surface area contributed by atoms with Crippen LogP contribution >= 0.6 is 57.1 Å². The minimum Gasteiger partial charge on any atom is -0.480 e. The largest absolute Gasteiger partial charge is 0.480 e. The minimum atomic E-state index is -3.93. The van der Waals surface area contributed by atoms with Gasteiger partial charge in [-0.05, 0) is 124 Å². The number of piperidine rings is 3. The summed E-state index contributed by atoms with van der Waals surface area (Å²) in [5.74, 6) is -1.35. The van der Waals surface area contributed by atoms with Crippen LogP contribution in [0.15, 0.2) is 58.6 Å². The highest BCUT2D eigenvalue weighted by Gasteiger charge is 2.40. The van der Waals surface area contributed by atoms with E-state index < -0.39 is 42.7 Å². The van der Waals surface area contributed by atoms with Gasteiger partial charge in [0, 0.05) is 51.2 Å². The Morgan fingerprint density at radius 1 is 0.652 bits per heavy atom. The average Bonchev–Trinajstić information content (AvgIpc) is 3.26. The van der Waals surface area contributed by atoms with Crippen molar-refractivity contribution in [2.45, 2.75) is 138 Å². The number of ether oxygens (including phenoxy) is 2. The van der Waals surface area contributed by atoms with Gasteiger partial charge in [0.05, 0.1) is 19.8 Å². The van der Waals surface area contributed by atoms with Crippen LogP contribution in [0, 0.1) is 0 Å². The molecule has 2 aromatic heterocycles. The number of halogens is 5. The van der Waals surface area contributed by atoms with Crippen molar-refractivity contribution >= 4 is 116 Å². The molecule has 0 bridgehead atoms. The monoisotopic (exact) mass is 1050 g/mol. The molecular weight excluding hydrogens is 1000 g/mol. The Labute approximate surface area is 411 Å². The van der Waals surface area contributed by atoms with Crippen LogP contribution in [0.25, 0.3) is 21.5 Å². The first-order valence-electron chi connectivity index (χ1n) is 21.3. The summed E-state index contributed by atoms with van der Waals surface area (Å²) in [5.41, 5.74) is -1.06. The third-order valence-corrected chi connectivity index (χ3v) is 14.6. The first-order chi connectivity index (χ1) is 30.7. The summed E-state index contributed by atoms with van der Waals surface area (Å²) < 4.78 is 60.9. The van der Waals surface area contributed by atoms with Crippen molar-refractivity contribution in [3.8, 4) is 0 Å². The number of esters is 2. The highest BCUT2D eigenvalue weighted by molar-refractivity contribution is 8.13. The van der Waals surface area contributed by atoms with Crippen LogP contribution in [0.4, 0.5) is 0 Å². The lowest BCUT2D eigenvalue weighted by molar-refractivity contribution is -0.161. The van der Waals surface area contributed by atoms with E-state index in [1.807, 2.05) is 20.8 Å². The maximum atomic E-state index is 13.3. The average molecular weight is 1060 g/mol. The van der Waals surface area contributed by atoms with Crippen molar-refractivity contribution in [2.75, 3.05) is 19.6 Å². The normalized spacial score (nSPS) is 19.5. The molecule has 2 aromatic carbocycles. The van der Waals surface area contributed by atoms with Crippen LogP contribution in [0.3, 0.4) is 0 Å². The molecule has 3 N–H and O–H groups in total. The van der Waals surface area contributed by atoms with Gasteiger partial charge >= 0.3 is 17.9 Å². The molecule has 0 amide bonds. The number of carboxylic acid groups (broad SMARTS) is 1. The van der Waals surface area contributed by atoms with Crippen molar-refractivity contribution in [1.29, 1.82) is 0 Å². The van der Waals surface area contributed by atoms with Crippen LogP contribution in [-0.4, -0.2) is 103 Å². The summed E-state index contributed by atoms with van der Waals surface area (Å²) in [6.07, 6.45) is 10.8. The Morgan fingerprint density at radius 2 is 1.11 bits per heavy atom. The fraction of sp³-hybridized carbons (Fsp3) is 0.523. The number of carboxylic acids is 1. The molecule has 3 fully saturated rings. The van der Waals surface area contributed by atoms with Gasteiger partial charge in [-0.1, -0.05) is 71.4 Å². The predicted molar refractivity (Wildman–Crippen MR) is 259 cm³/mol. The predicted octanol–water partition coefficient (Wildman–Crippen LogP) is 9.58. The van der Waals surface area contributed by atoms with Gasteiger partial charge in [-0.3, -0.25) is 14.4 Å². The smallest absolute Gasteiger partial charge is 0.324 e. The van der Waals surface area contributed by atoms with Crippen molar-refractivity contribution in [1.82, 2.24) is 24.9 Å². The second-order valence-corrected chi connectivity index (χ2v) is 23.7. The second-order valence-electron chi connectivity index (χ2n) is 17.7. The summed E-state index contributed by atoms with van der Waals surface area (Å²) in [6.45, 7) is 13.0. The van der Waals surface area contributed by atoms with E-state index in [0.29, 0.717) is 44.4 Å². The van der Waals surface area contributed by atoms with Gasteiger partial charge in [-0.15, -0.1) is 0 Å². The van der Waals surface area contributed by atoms with Crippen molar-refractivity contribution in [2.24, 2.45) is 0 Å². The summed E-state index contributed by atoms with van der Waals surface area (Å²) in [7, 11) is -2.48. The number of sulfonamides is 1. The van der Waals surface area contributed by atoms with Gasteiger partial charge in [0.15, 0.2) is 0 Å². The summed E-state index contributed by atoms with van der Waals surface area (Å²) in [6, 6.07) is 7.58. The lowest BCUT2D eigenvalue weighted by Crippen LogP contribution is -2.49.